The van der Waals surface area contributed by atoms with E-state index in [1.165, 1.54) is 0 Å². The number of nitrogens with zero attached hydrogens (tertiary/aromatic N) is 4. The van der Waals surface area contributed by atoms with Gasteiger partial charge in [-0.15, -0.1) is 0 Å². The average molecular weight is 237 g/mol. The maximum Gasteiger partial charge on any atom is 0.134 e. The molecule has 0 spiro atoms. The Bertz CT molecular complexity index is 351. The molecule has 96 valence electrons. The van der Waals surface area contributed by atoms with E-state index in [1.54, 1.807) is 6.33 Å². The number of hydrogen-bond acceptors (Lipinski definition) is 5. The summed E-state index contributed by atoms with van der Waals surface area (Å²) in [7, 11) is 4.02. The van der Waals surface area contributed by atoms with Gasteiger partial charge in [0.25, 0.3) is 0 Å². The van der Waals surface area contributed by atoms with Crippen LogP contribution in [0.1, 0.15) is 20.8 Å². The molecule has 0 saturated heterocycles. The third-order valence-corrected chi connectivity index (χ3v) is 2.73. The van der Waals surface area contributed by atoms with Crippen LogP contribution in [0.2, 0.25) is 0 Å². The number of anilines is 2. The van der Waals surface area contributed by atoms with E-state index >= 15 is 0 Å². The summed E-state index contributed by atoms with van der Waals surface area (Å²) < 4.78 is 0. The number of likely N-dealkylation sites (N-methyl/N-ethyl adjacent to an activating group) is 1. The lowest BCUT2D eigenvalue weighted by Gasteiger charge is -2.25. The fourth-order valence-electron chi connectivity index (χ4n) is 1.53. The van der Waals surface area contributed by atoms with Gasteiger partial charge in [-0.2, -0.15) is 0 Å². The minimum Gasteiger partial charge on any atom is -0.358 e. The van der Waals surface area contributed by atoms with Crippen LogP contribution >= 0.6 is 0 Å². The van der Waals surface area contributed by atoms with E-state index < -0.39 is 0 Å². The molecule has 0 radical (unpaired) electrons. The predicted molar refractivity (Wildman–Crippen MR) is 72.5 cm³/mol. The van der Waals surface area contributed by atoms with E-state index in [1.807, 2.05) is 32.0 Å². The number of hydrogen-bond donors (Lipinski definition) is 1. The van der Waals surface area contributed by atoms with E-state index in [9.17, 15) is 0 Å². The highest BCUT2D eigenvalue weighted by Gasteiger charge is 2.10. The van der Waals surface area contributed by atoms with Gasteiger partial charge in [0.2, 0.25) is 0 Å². The third-order valence-electron chi connectivity index (χ3n) is 2.73. The van der Waals surface area contributed by atoms with Crippen molar-refractivity contribution in [2.24, 2.45) is 5.73 Å². The Hall–Kier alpha value is -1.36. The highest BCUT2D eigenvalue weighted by molar-refractivity contribution is 5.49. The van der Waals surface area contributed by atoms with Crippen molar-refractivity contribution in [2.45, 2.75) is 32.9 Å². The third kappa shape index (κ3) is 3.85. The molecule has 2 N–H and O–H groups in total. The van der Waals surface area contributed by atoms with Crippen molar-refractivity contribution in [3.63, 3.8) is 0 Å². The molecular weight excluding hydrogens is 214 g/mol. The molecule has 0 fully saturated rings. The molecule has 1 atom stereocenters. The molecule has 0 aromatic carbocycles. The molecule has 1 rings (SSSR count). The van der Waals surface area contributed by atoms with Crippen LogP contribution < -0.4 is 15.5 Å². The summed E-state index contributed by atoms with van der Waals surface area (Å²) in [5.74, 6) is 1.83. The van der Waals surface area contributed by atoms with Crippen LogP contribution in [0.3, 0.4) is 0 Å². The summed E-state index contributed by atoms with van der Waals surface area (Å²) in [4.78, 5) is 12.7. The smallest absolute Gasteiger partial charge is 0.134 e. The summed E-state index contributed by atoms with van der Waals surface area (Å²) in [6.45, 7) is 7.03. The first-order chi connectivity index (χ1) is 7.91. The lowest BCUT2D eigenvalue weighted by molar-refractivity contribution is 0.707. The second-order valence-corrected chi connectivity index (χ2v) is 4.80. The highest BCUT2D eigenvalue weighted by atomic mass is 15.2. The summed E-state index contributed by atoms with van der Waals surface area (Å²) in [6, 6.07) is 2.53. The van der Waals surface area contributed by atoms with Crippen molar-refractivity contribution in [3.05, 3.63) is 12.4 Å². The number of rotatable bonds is 5. The van der Waals surface area contributed by atoms with Crippen molar-refractivity contribution in [1.29, 1.82) is 0 Å². The Morgan fingerprint density at radius 2 is 1.76 bits per heavy atom. The Balaban J connectivity index is 2.85. The molecule has 0 aliphatic carbocycles. The van der Waals surface area contributed by atoms with Crippen LogP contribution in [0.25, 0.3) is 0 Å². The molecule has 5 nitrogen and oxygen atoms in total. The monoisotopic (exact) mass is 237 g/mol. The second-order valence-electron chi connectivity index (χ2n) is 4.80. The van der Waals surface area contributed by atoms with Crippen LogP contribution in [-0.2, 0) is 0 Å². The number of aromatic nitrogens is 2. The number of nitrogens with two attached hydrogens (primary N) is 1. The van der Waals surface area contributed by atoms with Gasteiger partial charge in [-0.1, -0.05) is 0 Å². The van der Waals surface area contributed by atoms with Crippen LogP contribution in [-0.4, -0.2) is 42.7 Å². The average Bonchev–Trinajstić information content (AvgIpc) is 2.27. The minimum atomic E-state index is 0.126. The van der Waals surface area contributed by atoms with Crippen molar-refractivity contribution >= 4 is 11.6 Å². The molecule has 0 amide bonds. The molecule has 0 aliphatic heterocycles. The summed E-state index contributed by atoms with van der Waals surface area (Å²) in [5.41, 5.74) is 5.78. The first kappa shape index (κ1) is 13.7. The maximum absolute atomic E-state index is 5.78. The second kappa shape index (κ2) is 5.82. The van der Waals surface area contributed by atoms with Crippen molar-refractivity contribution in [3.8, 4) is 0 Å². The molecule has 0 bridgehead atoms. The molecular formula is C12H23N5. The van der Waals surface area contributed by atoms with E-state index in [0.29, 0.717) is 6.04 Å². The zero-order valence-electron chi connectivity index (χ0n) is 11.4. The lowest BCUT2D eigenvalue weighted by Crippen LogP contribution is -2.33. The summed E-state index contributed by atoms with van der Waals surface area (Å²) >= 11 is 0. The largest absolute Gasteiger partial charge is 0.358 e. The molecule has 17 heavy (non-hydrogen) atoms. The molecule has 0 aliphatic rings. The fraction of sp³-hybridized carbons (Fsp3) is 0.667. The van der Waals surface area contributed by atoms with E-state index in [4.69, 9.17) is 5.73 Å². The molecule has 0 saturated carbocycles. The van der Waals surface area contributed by atoms with Crippen LogP contribution in [0, 0.1) is 0 Å². The maximum atomic E-state index is 5.78. The normalized spacial score (nSPS) is 12.6. The van der Waals surface area contributed by atoms with Gasteiger partial charge in [0.05, 0.1) is 0 Å². The predicted octanol–water partition coefficient (Wildman–Crippen LogP) is 1.10. The Labute approximate surface area is 104 Å². The van der Waals surface area contributed by atoms with Gasteiger partial charge in [-0.25, -0.2) is 9.97 Å². The first-order valence-corrected chi connectivity index (χ1v) is 5.93. The molecule has 1 aromatic heterocycles. The SMILES string of the molecule is CC(N)CN(C)c1cc(N(C)C(C)C)ncn1. The molecule has 5 heteroatoms. The fourth-order valence-corrected chi connectivity index (χ4v) is 1.53. The lowest BCUT2D eigenvalue weighted by atomic mass is 10.3. The van der Waals surface area contributed by atoms with Crippen LogP contribution in [0.5, 0.6) is 0 Å². The zero-order chi connectivity index (χ0) is 13.0. The Morgan fingerprint density at radius 1 is 1.18 bits per heavy atom. The van der Waals surface area contributed by atoms with Crippen molar-refractivity contribution < 1.29 is 0 Å². The highest BCUT2D eigenvalue weighted by Crippen LogP contribution is 2.17. The summed E-state index contributed by atoms with van der Waals surface area (Å²) in [6.07, 6.45) is 1.60. The van der Waals surface area contributed by atoms with E-state index in [0.717, 1.165) is 18.2 Å². The minimum absolute atomic E-state index is 0.126. The first-order valence-electron chi connectivity index (χ1n) is 5.93. The van der Waals surface area contributed by atoms with Gasteiger partial charge >= 0.3 is 0 Å². The van der Waals surface area contributed by atoms with Gasteiger partial charge in [-0.05, 0) is 20.8 Å². The van der Waals surface area contributed by atoms with Gasteiger partial charge < -0.3 is 15.5 Å². The van der Waals surface area contributed by atoms with Gasteiger partial charge in [-0.3, -0.25) is 0 Å². The quantitative estimate of drug-likeness (QED) is 0.831. The van der Waals surface area contributed by atoms with E-state index in [2.05, 4.69) is 28.7 Å². The van der Waals surface area contributed by atoms with Gasteiger partial charge in [0.1, 0.15) is 18.0 Å². The molecule has 1 heterocycles. The van der Waals surface area contributed by atoms with Crippen LogP contribution in [0.4, 0.5) is 11.6 Å². The Kier molecular flexibility index (Phi) is 4.69. The molecule has 1 unspecified atom stereocenters. The molecule has 1 aromatic rings. The Morgan fingerprint density at radius 3 is 2.29 bits per heavy atom. The standard InChI is InChI=1S/C12H23N5/c1-9(2)17(5)12-6-11(14-8-15-12)16(4)7-10(3)13/h6,8-10H,7,13H2,1-5H3. The van der Waals surface area contributed by atoms with Crippen molar-refractivity contribution in [1.82, 2.24) is 9.97 Å². The van der Waals surface area contributed by atoms with Crippen molar-refractivity contribution in [2.75, 3.05) is 30.4 Å². The zero-order valence-corrected chi connectivity index (χ0v) is 11.4. The summed E-state index contributed by atoms with van der Waals surface area (Å²) in [5, 5.41) is 0. The van der Waals surface area contributed by atoms with E-state index in [-0.39, 0.29) is 6.04 Å². The van der Waals surface area contributed by atoms with Gasteiger partial charge in [0.15, 0.2) is 0 Å². The van der Waals surface area contributed by atoms with Crippen LogP contribution in [0.15, 0.2) is 12.4 Å². The topological polar surface area (TPSA) is 58.3 Å². The van der Waals surface area contributed by atoms with Gasteiger partial charge in [0, 0.05) is 38.8 Å².